The molecule has 0 aromatic heterocycles. The van der Waals surface area contributed by atoms with Gasteiger partial charge in [0.25, 0.3) is 11.8 Å². The van der Waals surface area contributed by atoms with Crippen LogP contribution in [0.3, 0.4) is 0 Å². The minimum Gasteiger partial charge on any atom is -0.482 e. The number of nitrogens with one attached hydrogen (secondary N) is 2. The Morgan fingerprint density at radius 2 is 2.16 bits per heavy atom. The number of halogens is 1. The van der Waals surface area contributed by atoms with Gasteiger partial charge in [0.1, 0.15) is 11.9 Å². The molecule has 0 aliphatic carbocycles. The van der Waals surface area contributed by atoms with E-state index in [9.17, 15) is 9.59 Å². The van der Waals surface area contributed by atoms with Crippen LogP contribution in [0.5, 0.6) is 5.75 Å². The fourth-order valence-electron chi connectivity index (χ4n) is 2.46. The van der Waals surface area contributed by atoms with Gasteiger partial charge >= 0.3 is 0 Å². The Bertz CT molecular complexity index is 602. The van der Waals surface area contributed by atoms with Gasteiger partial charge in [-0.3, -0.25) is 9.59 Å². The Balaban J connectivity index is 1.91. The second-order valence-corrected chi connectivity index (χ2v) is 5.96. The summed E-state index contributed by atoms with van der Waals surface area (Å²) in [7, 11) is 0. The summed E-state index contributed by atoms with van der Waals surface area (Å²) in [5, 5.41) is 6.19. The first-order valence-corrected chi connectivity index (χ1v) is 8.76. The molecule has 138 valence electrons. The molecule has 1 unspecified atom stereocenters. The monoisotopic (exact) mass is 369 g/mol. The first-order chi connectivity index (χ1) is 12.0. The third kappa shape index (κ3) is 5.59. The molecular weight excluding hydrogens is 346 g/mol. The van der Waals surface area contributed by atoms with E-state index in [4.69, 9.17) is 21.1 Å². The normalized spacial score (nSPS) is 17.0. The van der Waals surface area contributed by atoms with Crippen LogP contribution in [0, 0.1) is 0 Å². The van der Waals surface area contributed by atoms with E-state index in [-0.39, 0.29) is 18.4 Å². The number of hydrogen-bond acceptors (Lipinski definition) is 5. The number of amides is 2. The molecule has 1 aromatic carbocycles. The molecule has 1 aromatic rings. The molecule has 25 heavy (non-hydrogen) atoms. The molecule has 2 amide bonds. The second-order valence-electron chi connectivity index (χ2n) is 5.55. The molecule has 8 heteroatoms. The van der Waals surface area contributed by atoms with Crippen molar-refractivity contribution in [2.75, 3.05) is 44.7 Å². The largest absolute Gasteiger partial charge is 0.482 e. The molecule has 1 saturated heterocycles. The maximum absolute atomic E-state index is 12.1. The molecule has 7 nitrogen and oxygen atoms in total. The van der Waals surface area contributed by atoms with E-state index in [0.29, 0.717) is 42.7 Å². The van der Waals surface area contributed by atoms with Crippen LogP contribution < -0.4 is 15.4 Å². The van der Waals surface area contributed by atoms with Crippen molar-refractivity contribution in [1.29, 1.82) is 0 Å². The van der Waals surface area contributed by atoms with Gasteiger partial charge in [-0.25, -0.2) is 0 Å². The van der Waals surface area contributed by atoms with Gasteiger partial charge in [0, 0.05) is 31.9 Å². The van der Waals surface area contributed by atoms with Crippen LogP contribution in [-0.2, 0) is 14.3 Å². The molecule has 0 radical (unpaired) electrons. The Hall–Kier alpha value is -1.83. The number of likely N-dealkylation sites (N-methyl/N-ethyl adjacent to an activating group) is 1. The summed E-state index contributed by atoms with van der Waals surface area (Å²) in [6.07, 6.45) is -0.518. The Kier molecular flexibility index (Phi) is 7.49. The van der Waals surface area contributed by atoms with Gasteiger partial charge in [-0.2, -0.15) is 0 Å². The predicted molar refractivity (Wildman–Crippen MR) is 96.1 cm³/mol. The first-order valence-electron chi connectivity index (χ1n) is 8.38. The van der Waals surface area contributed by atoms with Crippen LogP contribution in [0.2, 0.25) is 5.02 Å². The summed E-state index contributed by atoms with van der Waals surface area (Å²) in [6.45, 7) is 6.75. The predicted octanol–water partition coefficient (Wildman–Crippen LogP) is 1.51. The van der Waals surface area contributed by atoms with Gasteiger partial charge in [-0.15, -0.1) is 0 Å². The van der Waals surface area contributed by atoms with Crippen molar-refractivity contribution in [2.45, 2.75) is 20.0 Å². The van der Waals surface area contributed by atoms with Crippen LogP contribution >= 0.6 is 11.6 Å². The molecule has 0 saturated carbocycles. The molecule has 1 atom stereocenters. The number of benzene rings is 1. The third-order valence-electron chi connectivity index (χ3n) is 3.89. The standard InChI is InChI=1S/C17H24ClN3O4/c1-3-21(4-2)16(22)11-25-14-6-5-12(9-13(14)18)20-17(23)15-10-19-7-8-24-15/h5-6,9,15,19H,3-4,7-8,10-11H2,1-2H3,(H,20,23). The van der Waals surface area contributed by atoms with E-state index in [2.05, 4.69) is 10.6 Å². The zero-order chi connectivity index (χ0) is 18.2. The molecule has 1 aliphatic rings. The Labute approximate surface area is 152 Å². The molecule has 1 aliphatic heterocycles. The average molecular weight is 370 g/mol. The van der Waals surface area contributed by atoms with Crippen molar-refractivity contribution in [2.24, 2.45) is 0 Å². The number of ether oxygens (including phenoxy) is 2. The lowest BCUT2D eigenvalue weighted by atomic mass is 10.2. The maximum Gasteiger partial charge on any atom is 0.260 e. The zero-order valence-corrected chi connectivity index (χ0v) is 15.3. The minimum atomic E-state index is -0.518. The zero-order valence-electron chi connectivity index (χ0n) is 14.5. The lowest BCUT2D eigenvalue weighted by molar-refractivity contribution is -0.133. The number of rotatable bonds is 7. The quantitative estimate of drug-likeness (QED) is 0.761. The number of nitrogens with zero attached hydrogens (tertiary/aromatic N) is 1. The van der Waals surface area contributed by atoms with Crippen molar-refractivity contribution < 1.29 is 19.1 Å². The third-order valence-corrected chi connectivity index (χ3v) is 4.18. The maximum atomic E-state index is 12.1. The van der Waals surface area contributed by atoms with Crippen LogP contribution in [0.1, 0.15) is 13.8 Å². The van der Waals surface area contributed by atoms with E-state index >= 15 is 0 Å². The fraction of sp³-hybridized carbons (Fsp3) is 0.529. The molecular formula is C17H24ClN3O4. The SMILES string of the molecule is CCN(CC)C(=O)COc1ccc(NC(=O)C2CNCCO2)cc1Cl. The van der Waals surface area contributed by atoms with Gasteiger partial charge < -0.3 is 25.0 Å². The Morgan fingerprint density at radius 1 is 1.40 bits per heavy atom. The summed E-state index contributed by atoms with van der Waals surface area (Å²) < 4.78 is 10.9. The second kappa shape index (κ2) is 9.60. The number of morpholine rings is 1. The smallest absolute Gasteiger partial charge is 0.260 e. The van der Waals surface area contributed by atoms with Crippen LogP contribution in [0.4, 0.5) is 5.69 Å². The lowest BCUT2D eigenvalue weighted by Crippen LogP contribution is -2.45. The molecule has 2 rings (SSSR count). The summed E-state index contributed by atoms with van der Waals surface area (Å²) in [4.78, 5) is 25.8. The number of anilines is 1. The summed E-state index contributed by atoms with van der Waals surface area (Å²) in [5.41, 5.74) is 0.548. The highest BCUT2D eigenvalue weighted by Crippen LogP contribution is 2.28. The van der Waals surface area contributed by atoms with Crippen molar-refractivity contribution in [3.05, 3.63) is 23.2 Å². The van der Waals surface area contributed by atoms with Crippen LogP contribution in [-0.4, -0.2) is 62.2 Å². The van der Waals surface area contributed by atoms with Gasteiger partial charge in [-0.1, -0.05) is 11.6 Å². The van der Waals surface area contributed by atoms with Gasteiger partial charge in [0.05, 0.1) is 11.6 Å². The topological polar surface area (TPSA) is 79.9 Å². The summed E-state index contributed by atoms with van der Waals surface area (Å²) in [5.74, 6) is 0.0739. The Morgan fingerprint density at radius 3 is 2.76 bits per heavy atom. The van der Waals surface area contributed by atoms with Crippen LogP contribution in [0.15, 0.2) is 18.2 Å². The molecule has 2 N–H and O–H groups in total. The van der Waals surface area contributed by atoms with Crippen molar-refractivity contribution in [3.63, 3.8) is 0 Å². The minimum absolute atomic E-state index is 0.0747. The molecule has 0 bridgehead atoms. The fourth-order valence-corrected chi connectivity index (χ4v) is 2.69. The van der Waals surface area contributed by atoms with Gasteiger partial charge in [0.2, 0.25) is 0 Å². The molecule has 1 heterocycles. The first kappa shape index (κ1) is 19.5. The molecule has 0 spiro atoms. The van der Waals surface area contributed by atoms with E-state index in [0.717, 1.165) is 6.54 Å². The lowest BCUT2D eigenvalue weighted by Gasteiger charge is -2.22. The van der Waals surface area contributed by atoms with Crippen molar-refractivity contribution in [3.8, 4) is 5.75 Å². The summed E-state index contributed by atoms with van der Waals surface area (Å²) >= 11 is 6.18. The number of carbonyl (C=O) groups excluding carboxylic acids is 2. The van der Waals surface area contributed by atoms with E-state index in [1.54, 1.807) is 23.1 Å². The highest BCUT2D eigenvalue weighted by Gasteiger charge is 2.22. The van der Waals surface area contributed by atoms with E-state index in [1.807, 2.05) is 13.8 Å². The van der Waals surface area contributed by atoms with E-state index < -0.39 is 6.10 Å². The summed E-state index contributed by atoms with van der Waals surface area (Å²) in [6, 6.07) is 4.90. The molecule has 1 fully saturated rings. The highest BCUT2D eigenvalue weighted by atomic mass is 35.5. The average Bonchev–Trinajstić information content (AvgIpc) is 2.62. The van der Waals surface area contributed by atoms with Crippen molar-refractivity contribution >= 4 is 29.1 Å². The van der Waals surface area contributed by atoms with E-state index in [1.165, 1.54) is 0 Å². The van der Waals surface area contributed by atoms with Crippen LogP contribution in [0.25, 0.3) is 0 Å². The van der Waals surface area contributed by atoms with Gasteiger partial charge in [0.15, 0.2) is 6.61 Å². The van der Waals surface area contributed by atoms with Gasteiger partial charge in [-0.05, 0) is 32.0 Å². The number of hydrogen-bond donors (Lipinski definition) is 2. The highest BCUT2D eigenvalue weighted by molar-refractivity contribution is 6.32. The number of carbonyl (C=O) groups is 2. The van der Waals surface area contributed by atoms with Crippen molar-refractivity contribution in [1.82, 2.24) is 10.2 Å².